The first kappa shape index (κ1) is 11.6. The molecule has 0 spiro atoms. The summed E-state index contributed by atoms with van der Waals surface area (Å²) in [6, 6.07) is 5.56. The quantitative estimate of drug-likeness (QED) is 0.821. The van der Waals surface area contributed by atoms with Crippen LogP contribution in [0.1, 0.15) is 29.3 Å². The van der Waals surface area contributed by atoms with E-state index < -0.39 is 0 Å². The van der Waals surface area contributed by atoms with Crippen molar-refractivity contribution in [3.63, 3.8) is 0 Å². The van der Waals surface area contributed by atoms with Crippen LogP contribution in [0.5, 0.6) is 5.75 Å². The van der Waals surface area contributed by atoms with E-state index in [1.165, 1.54) is 0 Å². The maximum atomic E-state index is 11.7. The highest BCUT2D eigenvalue weighted by Gasteiger charge is 2.10. The molecule has 0 aliphatic heterocycles. The lowest BCUT2D eigenvalue weighted by atomic mass is 10.1. The Morgan fingerprint density at radius 1 is 1.47 bits per heavy atom. The summed E-state index contributed by atoms with van der Waals surface area (Å²) in [5, 5.41) is 2.82. The fourth-order valence-electron chi connectivity index (χ4n) is 1.32. The van der Waals surface area contributed by atoms with Crippen LogP contribution in [0.25, 0.3) is 0 Å². The van der Waals surface area contributed by atoms with E-state index in [0.29, 0.717) is 17.9 Å². The van der Waals surface area contributed by atoms with Gasteiger partial charge in [0.2, 0.25) is 0 Å². The Bertz CT molecular complexity index is 347. The monoisotopic (exact) mass is 207 g/mol. The van der Waals surface area contributed by atoms with E-state index in [4.69, 9.17) is 4.74 Å². The van der Waals surface area contributed by atoms with Gasteiger partial charge in [0, 0.05) is 6.54 Å². The molecule has 15 heavy (non-hydrogen) atoms. The molecule has 1 rings (SSSR count). The van der Waals surface area contributed by atoms with Crippen LogP contribution < -0.4 is 10.1 Å². The van der Waals surface area contributed by atoms with Crippen molar-refractivity contribution in [3.05, 3.63) is 29.3 Å². The lowest BCUT2D eigenvalue weighted by Gasteiger charge is -2.09. The molecular formula is C12H17NO2. The number of ether oxygens (including phenoxy) is 1. The fraction of sp³-hybridized carbons (Fsp3) is 0.417. The summed E-state index contributed by atoms with van der Waals surface area (Å²) in [5.74, 6) is 0.553. The van der Waals surface area contributed by atoms with Gasteiger partial charge in [0.05, 0.1) is 12.7 Å². The second-order valence-electron chi connectivity index (χ2n) is 3.46. The maximum absolute atomic E-state index is 11.7. The molecule has 0 saturated heterocycles. The Morgan fingerprint density at radius 3 is 2.80 bits per heavy atom. The van der Waals surface area contributed by atoms with Crippen LogP contribution in [0.2, 0.25) is 0 Å². The molecule has 1 aromatic carbocycles. The molecular weight excluding hydrogens is 190 g/mol. The van der Waals surface area contributed by atoms with Gasteiger partial charge < -0.3 is 10.1 Å². The van der Waals surface area contributed by atoms with E-state index >= 15 is 0 Å². The van der Waals surface area contributed by atoms with Crippen LogP contribution in [0.3, 0.4) is 0 Å². The van der Waals surface area contributed by atoms with E-state index in [1.807, 2.05) is 26.0 Å². The van der Waals surface area contributed by atoms with Crippen LogP contribution in [0, 0.1) is 6.92 Å². The van der Waals surface area contributed by atoms with Gasteiger partial charge in [-0.05, 0) is 31.0 Å². The minimum atomic E-state index is -0.0753. The Labute approximate surface area is 90.4 Å². The van der Waals surface area contributed by atoms with Gasteiger partial charge in [0.15, 0.2) is 0 Å². The van der Waals surface area contributed by atoms with Gasteiger partial charge in [-0.25, -0.2) is 0 Å². The number of nitrogens with one attached hydrogen (secondary N) is 1. The summed E-state index contributed by atoms with van der Waals surface area (Å²) in [5.41, 5.74) is 1.68. The highest BCUT2D eigenvalue weighted by atomic mass is 16.5. The average molecular weight is 207 g/mol. The zero-order valence-electron chi connectivity index (χ0n) is 9.46. The first-order valence-electron chi connectivity index (χ1n) is 5.12. The molecule has 3 heteroatoms. The second kappa shape index (κ2) is 5.39. The zero-order valence-corrected chi connectivity index (χ0v) is 9.46. The summed E-state index contributed by atoms with van der Waals surface area (Å²) in [6.45, 7) is 4.68. The molecule has 82 valence electrons. The molecule has 0 radical (unpaired) electrons. The zero-order chi connectivity index (χ0) is 11.3. The van der Waals surface area contributed by atoms with Crippen molar-refractivity contribution in [1.29, 1.82) is 0 Å². The molecule has 0 saturated carbocycles. The maximum Gasteiger partial charge on any atom is 0.255 e. The van der Waals surface area contributed by atoms with Crippen LogP contribution in [0.15, 0.2) is 18.2 Å². The van der Waals surface area contributed by atoms with Crippen molar-refractivity contribution in [1.82, 2.24) is 5.32 Å². The number of carbonyl (C=O) groups is 1. The van der Waals surface area contributed by atoms with Crippen molar-refractivity contribution < 1.29 is 9.53 Å². The number of hydrogen-bond donors (Lipinski definition) is 1. The third kappa shape index (κ3) is 2.98. The van der Waals surface area contributed by atoms with Crippen molar-refractivity contribution in [2.45, 2.75) is 20.3 Å². The highest BCUT2D eigenvalue weighted by molar-refractivity contribution is 5.97. The Balaban J connectivity index is 2.87. The summed E-state index contributed by atoms with van der Waals surface area (Å²) >= 11 is 0. The topological polar surface area (TPSA) is 38.3 Å². The number of methoxy groups -OCH3 is 1. The molecule has 0 aliphatic rings. The van der Waals surface area contributed by atoms with Gasteiger partial charge in [0.1, 0.15) is 5.75 Å². The molecule has 0 aromatic heterocycles. The first-order valence-corrected chi connectivity index (χ1v) is 5.12. The van der Waals surface area contributed by atoms with E-state index in [2.05, 4.69) is 5.32 Å². The molecule has 0 fully saturated rings. The summed E-state index contributed by atoms with van der Waals surface area (Å²) in [4.78, 5) is 11.7. The van der Waals surface area contributed by atoms with Crippen LogP contribution in [0.4, 0.5) is 0 Å². The molecule has 0 unspecified atom stereocenters. The third-order valence-corrected chi connectivity index (χ3v) is 2.14. The number of hydrogen-bond acceptors (Lipinski definition) is 2. The van der Waals surface area contributed by atoms with Gasteiger partial charge in [-0.2, -0.15) is 0 Å². The smallest absolute Gasteiger partial charge is 0.255 e. The molecule has 1 amide bonds. The van der Waals surface area contributed by atoms with Gasteiger partial charge in [0.25, 0.3) is 5.91 Å². The molecule has 1 N–H and O–H groups in total. The van der Waals surface area contributed by atoms with E-state index in [0.717, 1.165) is 12.0 Å². The normalized spacial score (nSPS) is 9.80. The minimum absolute atomic E-state index is 0.0753. The molecule has 0 aliphatic carbocycles. The molecule has 0 atom stereocenters. The number of amides is 1. The lowest BCUT2D eigenvalue weighted by Crippen LogP contribution is -2.24. The first-order chi connectivity index (χ1) is 7.19. The van der Waals surface area contributed by atoms with Crippen molar-refractivity contribution in [2.75, 3.05) is 13.7 Å². The van der Waals surface area contributed by atoms with Crippen LogP contribution >= 0.6 is 0 Å². The van der Waals surface area contributed by atoms with Crippen molar-refractivity contribution in [3.8, 4) is 5.75 Å². The van der Waals surface area contributed by atoms with Crippen LogP contribution in [-0.4, -0.2) is 19.6 Å². The number of rotatable bonds is 4. The van der Waals surface area contributed by atoms with Crippen molar-refractivity contribution in [2.24, 2.45) is 0 Å². The summed E-state index contributed by atoms with van der Waals surface area (Å²) in [6.07, 6.45) is 0.930. The van der Waals surface area contributed by atoms with Gasteiger partial charge >= 0.3 is 0 Å². The van der Waals surface area contributed by atoms with Gasteiger partial charge in [-0.3, -0.25) is 4.79 Å². The van der Waals surface area contributed by atoms with E-state index in [9.17, 15) is 4.79 Å². The van der Waals surface area contributed by atoms with Crippen LogP contribution in [-0.2, 0) is 0 Å². The number of aryl methyl sites for hydroxylation is 1. The second-order valence-corrected chi connectivity index (χ2v) is 3.46. The highest BCUT2D eigenvalue weighted by Crippen LogP contribution is 2.19. The average Bonchev–Trinajstić information content (AvgIpc) is 2.25. The van der Waals surface area contributed by atoms with Gasteiger partial charge in [-0.1, -0.05) is 13.0 Å². The predicted octanol–water partition coefficient (Wildman–Crippen LogP) is 2.14. The third-order valence-electron chi connectivity index (χ3n) is 2.14. The Morgan fingerprint density at radius 2 is 2.20 bits per heavy atom. The largest absolute Gasteiger partial charge is 0.496 e. The standard InChI is InChI=1S/C12H17NO2/c1-4-7-13-12(14)10-6-5-9(2)8-11(10)15-3/h5-6,8H,4,7H2,1-3H3,(H,13,14). The van der Waals surface area contributed by atoms with Gasteiger partial charge in [-0.15, -0.1) is 0 Å². The molecule has 1 aromatic rings. The number of carbonyl (C=O) groups excluding carboxylic acids is 1. The lowest BCUT2D eigenvalue weighted by molar-refractivity contribution is 0.0950. The SMILES string of the molecule is CCCNC(=O)c1ccc(C)cc1OC. The summed E-state index contributed by atoms with van der Waals surface area (Å²) < 4.78 is 5.17. The summed E-state index contributed by atoms with van der Waals surface area (Å²) in [7, 11) is 1.57. The molecule has 0 heterocycles. The Hall–Kier alpha value is -1.51. The number of benzene rings is 1. The van der Waals surface area contributed by atoms with E-state index in [1.54, 1.807) is 13.2 Å². The minimum Gasteiger partial charge on any atom is -0.496 e. The van der Waals surface area contributed by atoms with E-state index in [-0.39, 0.29) is 5.91 Å². The Kier molecular flexibility index (Phi) is 4.16. The molecule has 0 bridgehead atoms. The fourth-order valence-corrected chi connectivity index (χ4v) is 1.32. The molecule has 3 nitrogen and oxygen atoms in total. The van der Waals surface area contributed by atoms with Crippen molar-refractivity contribution >= 4 is 5.91 Å². The predicted molar refractivity (Wildman–Crippen MR) is 60.4 cm³/mol.